The predicted molar refractivity (Wildman–Crippen MR) is 112 cm³/mol. The zero-order valence-corrected chi connectivity index (χ0v) is 16.3. The number of methoxy groups -OCH3 is 1. The fraction of sp³-hybridized carbons (Fsp3) is 0.0476. The van der Waals surface area contributed by atoms with Gasteiger partial charge in [-0.05, 0) is 36.4 Å². The molecule has 0 aliphatic carbocycles. The molecule has 0 saturated carbocycles. The molecule has 7 heteroatoms. The fourth-order valence-corrected chi connectivity index (χ4v) is 2.99. The molecule has 0 radical (unpaired) electrons. The van der Waals surface area contributed by atoms with Crippen LogP contribution in [0, 0.1) is 0 Å². The van der Waals surface area contributed by atoms with Gasteiger partial charge in [0.05, 0.1) is 34.0 Å². The van der Waals surface area contributed by atoms with Gasteiger partial charge in [0.15, 0.2) is 0 Å². The van der Waals surface area contributed by atoms with E-state index in [2.05, 4.69) is 10.6 Å². The Morgan fingerprint density at radius 2 is 1.32 bits per heavy atom. The molecule has 2 amide bonds. The smallest absolute Gasteiger partial charge is 0.257 e. The number of carbonyl (C=O) groups excluding carboxylic acids is 2. The Kier molecular flexibility index (Phi) is 6.19. The Morgan fingerprint density at radius 1 is 0.786 bits per heavy atom. The van der Waals surface area contributed by atoms with Crippen molar-refractivity contribution in [2.75, 3.05) is 17.7 Å². The van der Waals surface area contributed by atoms with Crippen LogP contribution in [0.5, 0.6) is 5.75 Å². The van der Waals surface area contributed by atoms with Gasteiger partial charge >= 0.3 is 0 Å². The maximum absolute atomic E-state index is 12.5. The molecule has 3 aromatic rings. The van der Waals surface area contributed by atoms with Gasteiger partial charge in [0, 0.05) is 11.8 Å². The van der Waals surface area contributed by atoms with Gasteiger partial charge in [-0.3, -0.25) is 9.59 Å². The highest BCUT2D eigenvalue weighted by molar-refractivity contribution is 6.35. The van der Waals surface area contributed by atoms with Crippen LogP contribution in [0.4, 0.5) is 11.4 Å². The molecule has 3 rings (SSSR count). The summed E-state index contributed by atoms with van der Waals surface area (Å²) in [5.74, 6) is -0.324. The highest BCUT2D eigenvalue weighted by atomic mass is 35.5. The van der Waals surface area contributed by atoms with E-state index in [0.29, 0.717) is 38.3 Å². The minimum Gasteiger partial charge on any atom is -0.494 e. The molecule has 0 aromatic heterocycles. The summed E-state index contributed by atoms with van der Waals surface area (Å²) in [6.07, 6.45) is 0. The lowest BCUT2D eigenvalue weighted by molar-refractivity contribution is 0.101. The molecule has 28 heavy (non-hydrogen) atoms. The van der Waals surface area contributed by atoms with E-state index in [0.717, 1.165) is 0 Å². The van der Waals surface area contributed by atoms with Crippen LogP contribution in [0.1, 0.15) is 20.7 Å². The average Bonchev–Trinajstić information content (AvgIpc) is 2.69. The number of nitrogens with one attached hydrogen (secondary N) is 2. The SMILES string of the molecule is COc1cc(NC(=O)c2ccccc2Cl)ccc1NC(=O)c1ccccc1Cl. The van der Waals surface area contributed by atoms with Crippen LogP contribution in [0.15, 0.2) is 66.7 Å². The summed E-state index contributed by atoms with van der Waals surface area (Å²) in [4.78, 5) is 24.9. The van der Waals surface area contributed by atoms with Crippen LogP contribution in [0.25, 0.3) is 0 Å². The third kappa shape index (κ3) is 4.44. The van der Waals surface area contributed by atoms with Gasteiger partial charge in [-0.15, -0.1) is 0 Å². The number of amides is 2. The fourth-order valence-electron chi connectivity index (χ4n) is 2.55. The van der Waals surface area contributed by atoms with E-state index in [1.54, 1.807) is 66.7 Å². The van der Waals surface area contributed by atoms with E-state index in [9.17, 15) is 9.59 Å². The number of halogens is 2. The van der Waals surface area contributed by atoms with Gasteiger partial charge in [0.2, 0.25) is 0 Å². The number of rotatable bonds is 5. The van der Waals surface area contributed by atoms with E-state index >= 15 is 0 Å². The van der Waals surface area contributed by atoms with Crippen molar-refractivity contribution in [1.29, 1.82) is 0 Å². The Hall–Kier alpha value is -3.02. The van der Waals surface area contributed by atoms with Gasteiger partial charge < -0.3 is 15.4 Å². The lowest BCUT2D eigenvalue weighted by atomic mass is 10.2. The van der Waals surface area contributed by atoms with Crippen LogP contribution in [0.2, 0.25) is 10.0 Å². The molecule has 0 atom stereocenters. The number of hydrogen-bond acceptors (Lipinski definition) is 3. The highest BCUT2D eigenvalue weighted by Crippen LogP contribution is 2.29. The lowest BCUT2D eigenvalue weighted by Crippen LogP contribution is -2.14. The first kappa shape index (κ1) is 19.7. The lowest BCUT2D eigenvalue weighted by Gasteiger charge is -2.13. The summed E-state index contributed by atoms with van der Waals surface area (Å²) in [6, 6.07) is 18.4. The zero-order valence-electron chi connectivity index (χ0n) is 14.8. The normalized spacial score (nSPS) is 10.2. The molecule has 0 heterocycles. The van der Waals surface area contributed by atoms with Crippen molar-refractivity contribution in [3.8, 4) is 5.75 Å². The predicted octanol–water partition coefficient (Wildman–Crippen LogP) is 5.51. The molecule has 0 aliphatic heterocycles. The van der Waals surface area contributed by atoms with Gasteiger partial charge in [0.25, 0.3) is 11.8 Å². The van der Waals surface area contributed by atoms with Crippen molar-refractivity contribution in [1.82, 2.24) is 0 Å². The molecule has 0 saturated heterocycles. The van der Waals surface area contributed by atoms with Crippen LogP contribution in [0.3, 0.4) is 0 Å². The van der Waals surface area contributed by atoms with E-state index in [1.165, 1.54) is 7.11 Å². The molecule has 142 valence electrons. The third-order valence-corrected chi connectivity index (χ3v) is 4.60. The minimum absolute atomic E-state index is 0.347. The molecule has 0 aliphatic rings. The third-order valence-electron chi connectivity index (χ3n) is 3.94. The number of anilines is 2. The van der Waals surface area contributed by atoms with Gasteiger partial charge in [0.1, 0.15) is 5.75 Å². The number of carbonyl (C=O) groups is 2. The summed E-state index contributed by atoms with van der Waals surface area (Å²) in [7, 11) is 1.47. The van der Waals surface area contributed by atoms with Crippen LogP contribution in [-0.4, -0.2) is 18.9 Å². The van der Waals surface area contributed by atoms with Crippen LogP contribution >= 0.6 is 23.2 Å². The average molecular weight is 415 g/mol. The second-order valence-electron chi connectivity index (χ2n) is 5.78. The summed E-state index contributed by atoms with van der Waals surface area (Å²) in [5.41, 5.74) is 1.65. The Morgan fingerprint density at radius 3 is 1.86 bits per heavy atom. The van der Waals surface area contributed by atoms with Crippen LogP contribution < -0.4 is 15.4 Å². The topological polar surface area (TPSA) is 67.4 Å². The number of benzene rings is 3. The number of ether oxygens (including phenoxy) is 1. The summed E-state index contributed by atoms with van der Waals surface area (Å²) in [6.45, 7) is 0. The van der Waals surface area contributed by atoms with Crippen molar-refractivity contribution in [2.24, 2.45) is 0 Å². The van der Waals surface area contributed by atoms with Crippen molar-refractivity contribution in [3.63, 3.8) is 0 Å². The van der Waals surface area contributed by atoms with E-state index < -0.39 is 0 Å². The van der Waals surface area contributed by atoms with Crippen LogP contribution in [-0.2, 0) is 0 Å². The molecule has 3 aromatic carbocycles. The van der Waals surface area contributed by atoms with Crippen molar-refractivity contribution < 1.29 is 14.3 Å². The maximum atomic E-state index is 12.5. The van der Waals surface area contributed by atoms with E-state index in [4.69, 9.17) is 27.9 Å². The van der Waals surface area contributed by atoms with Crippen molar-refractivity contribution in [3.05, 3.63) is 87.9 Å². The van der Waals surface area contributed by atoms with Gasteiger partial charge in [-0.25, -0.2) is 0 Å². The maximum Gasteiger partial charge on any atom is 0.257 e. The molecule has 0 bridgehead atoms. The highest BCUT2D eigenvalue weighted by Gasteiger charge is 2.15. The first-order chi connectivity index (χ1) is 13.5. The molecule has 0 unspecified atom stereocenters. The molecule has 5 nitrogen and oxygen atoms in total. The zero-order chi connectivity index (χ0) is 20.1. The Balaban J connectivity index is 1.79. The standard InChI is InChI=1S/C21H16Cl2N2O3/c1-28-19-12-13(24-20(26)14-6-2-4-8-16(14)22)10-11-18(19)25-21(27)15-7-3-5-9-17(15)23/h2-12H,1H3,(H,24,26)(H,25,27). The van der Waals surface area contributed by atoms with Gasteiger partial charge in [-0.1, -0.05) is 47.5 Å². The van der Waals surface area contributed by atoms with Gasteiger partial charge in [-0.2, -0.15) is 0 Å². The first-order valence-corrected chi connectivity index (χ1v) is 9.05. The Bertz CT molecular complexity index is 1040. The molecular weight excluding hydrogens is 399 g/mol. The quantitative estimate of drug-likeness (QED) is 0.578. The van der Waals surface area contributed by atoms with Crippen molar-refractivity contribution >= 4 is 46.4 Å². The summed E-state index contributed by atoms with van der Waals surface area (Å²) in [5, 5.41) is 6.22. The molecule has 0 fully saturated rings. The number of hydrogen-bond donors (Lipinski definition) is 2. The molecular formula is C21H16Cl2N2O3. The largest absolute Gasteiger partial charge is 0.494 e. The monoisotopic (exact) mass is 414 g/mol. The molecule has 2 N–H and O–H groups in total. The summed E-state index contributed by atoms with van der Waals surface area (Å²) < 4.78 is 5.34. The summed E-state index contributed by atoms with van der Waals surface area (Å²) >= 11 is 12.1. The first-order valence-electron chi connectivity index (χ1n) is 8.29. The second-order valence-corrected chi connectivity index (χ2v) is 6.60. The Labute approximate surface area is 172 Å². The minimum atomic E-state index is -0.364. The van der Waals surface area contributed by atoms with E-state index in [1.807, 2.05) is 0 Å². The van der Waals surface area contributed by atoms with Crippen molar-refractivity contribution in [2.45, 2.75) is 0 Å². The second kappa shape index (κ2) is 8.78. The van der Waals surface area contributed by atoms with E-state index in [-0.39, 0.29) is 11.8 Å². The molecule has 0 spiro atoms.